The molecule has 0 amide bonds. The highest BCUT2D eigenvalue weighted by Crippen LogP contribution is 2.22. The lowest BCUT2D eigenvalue weighted by molar-refractivity contribution is 0.401. The van der Waals surface area contributed by atoms with Gasteiger partial charge in [0.15, 0.2) is 0 Å². The van der Waals surface area contributed by atoms with Crippen LogP contribution < -0.4 is 10.3 Å². The molecule has 0 atom stereocenters. The van der Waals surface area contributed by atoms with Crippen molar-refractivity contribution in [2.45, 2.75) is 6.42 Å². The van der Waals surface area contributed by atoms with E-state index in [2.05, 4.69) is 11.5 Å². The average molecular weight is 238 g/mol. The molecule has 0 heterocycles. The number of hydrogen-bond donors (Lipinski definition) is 0. The summed E-state index contributed by atoms with van der Waals surface area (Å²) in [5.41, 5.74) is 1.51. The van der Waals surface area contributed by atoms with Crippen molar-refractivity contribution in [3.05, 3.63) is 26.9 Å². The van der Waals surface area contributed by atoms with Crippen LogP contribution in [0.2, 0.25) is 0 Å². The largest absolute Gasteiger partial charge is 0.373 e. The molecule has 0 saturated carbocycles. The molecule has 0 aliphatic heterocycles. The Labute approximate surface area is 102 Å². The van der Waals surface area contributed by atoms with Gasteiger partial charge in [-0.2, -0.15) is 0 Å². The van der Waals surface area contributed by atoms with E-state index >= 15 is 0 Å². The molecule has 0 radical (unpaired) electrons. The molecule has 88 valence electrons. The Hall–Kier alpha value is -1.00. The average Bonchev–Trinajstić information content (AvgIpc) is 2.23. The molecular formula is C12H18N2OS. The first-order valence-corrected chi connectivity index (χ1v) is 5.71. The number of anilines is 1. The maximum atomic E-state index is 11.4. The lowest BCUT2D eigenvalue weighted by atomic mass is 10.1. The van der Waals surface area contributed by atoms with Crippen LogP contribution in [0, 0.1) is 4.51 Å². The van der Waals surface area contributed by atoms with Gasteiger partial charge in [-0.3, -0.25) is 4.79 Å². The van der Waals surface area contributed by atoms with Gasteiger partial charge in [0, 0.05) is 19.2 Å². The molecule has 0 N–H and O–H groups in total. The van der Waals surface area contributed by atoms with Gasteiger partial charge in [0.2, 0.25) is 5.43 Å². The van der Waals surface area contributed by atoms with E-state index in [0.29, 0.717) is 10.1 Å². The van der Waals surface area contributed by atoms with Crippen LogP contribution in [0.5, 0.6) is 0 Å². The Morgan fingerprint density at radius 3 is 2.44 bits per heavy atom. The SMILES string of the molecule is C=Cc1c(N(C)CCCN(C)C)c(=S)c1=O. The number of nitrogens with zero attached hydrogens (tertiary/aromatic N) is 2. The Morgan fingerprint density at radius 1 is 1.31 bits per heavy atom. The normalized spacial score (nSPS) is 11.0. The minimum absolute atomic E-state index is 0.0422. The first kappa shape index (κ1) is 13.1. The summed E-state index contributed by atoms with van der Waals surface area (Å²) in [5.74, 6) is 0. The maximum absolute atomic E-state index is 11.4. The molecule has 1 rings (SSSR count). The standard InChI is InChI=1S/C12H18N2OS/c1-5-9-10(12(16)11(9)15)14(4)8-6-7-13(2)3/h5H,1,6-8H2,2-4H3. The second-order valence-electron chi connectivity index (χ2n) is 4.20. The quantitative estimate of drug-likeness (QED) is 0.704. The molecule has 0 aromatic heterocycles. The summed E-state index contributed by atoms with van der Waals surface area (Å²) in [6.45, 7) is 5.57. The molecule has 0 aliphatic rings. The van der Waals surface area contributed by atoms with Crippen molar-refractivity contribution < 1.29 is 0 Å². The zero-order valence-electron chi connectivity index (χ0n) is 10.1. The van der Waals surface area contributed by atoms with Gasteiger partial charge in [0.25, 0.3) is 0 Å². The molecule has 0 fully saturated rings. The van der Waals surface area contributed by atoms with E-state index in [1.807, 2.05) is 26.0 Å². The van der Waals surface area contributed by atoms with Crippen molar-refractivity contribution >= 4 is 24.0 Å². The maximum Gasteiger partial charge on any atom is 0.208 e. The minimum atomic E-state index is -0.0422. The molecule has 0 aliphatic carbocycles. The van der Waals surface area contributed by atoms with Crippen LogP contribution in [-0.4, -0.2) is 39.1 Å². The third-order valence-electron chi connectivity index (χ3n) is 2.61. The lowest BCUT2D eigenvalue weighted by Crippen LogP contribution is -2.29. The molecule has 0 bridgehead atoms. The van der Waals surface area contributed by atoms with Crippen molar-refractivity contribution in [3.63, 3.8) is 0 Å². The van der Waals surface area contributed by atoms with Gasteiger partial charge in [-0.1, -0.05) is 24.9 Å². The Balaban J connectivity index is 2.64. The predicted molar refractivity (Wildman–Crippen MR) is 72.5 cm³/mol. The molecule has 0 spiro atoms. The van der Waals surface area contributed by atoms with Gasteiger partial charge >= 0.3 is 0 Å². The summed E-state index contributed by atoms with van der Waals surface area (Å²) in [4.78, 5) is 15.6. The van der Waals surface area contributed by atoms with Crippen molar-refractivity contribution in [1.29, 1.82) is 0 Å². The Bertz CT molecular complexity index is 444. The molecule has 0 unspecified atom stereocenters. The Morgan fingerprint density at radius 2 is 1.94 bits per heavy atom. The smallest absolute Gasteiger partial charge is 0.208 e. The minimum Gasteiger partial charge on any atom is -0.373 e. The topological polar surface area (TPSA) is 23.6 Å². The lowest BCUT2D eigenvalue weighted by Gasteiger charge is -2.23. The van der Waals surface area contributed by atoms with Crippen molar-refractivity contribution in [3.8, 4) is 0 Å². The van der Waals surface area contributed by atoms with E-state index in [1.54, 1.807) is 6.08 Å². The zero-order valence-corrected chi connectivity index (χ0v) is 10.9. The molecule has 1 aromatic rings. The third-order valence-corrected chi connectivity index (χ3v) is 2.98. The van der Waals surface area contributed by atoms with Crippen LogP contribution in [0.15, 0.2) is 11.4 Å². The monoisotopic (exact) mass is 238 g/mol. The van der Waals surface area contributed by atoms with Crippen LogP contribution in [0.3, 0.4) is 0 Å². The van der Waals surface area contributed by atoms with E-state index in [9.17, 15) is 4.79 Å². The van der Waals surface area contributed by atoms with Crippen molar-refractivity contribution in [2.75, 3.05) is 39.1 Å². The van der Waals surface area contributed by atoms with E-state index in [-0.39, 0.29) is 5.43 Å². The predicted octanol–water partition coefficient (Wildman–Crippen LogP) is 1.68. The van der Waals surface area contributed by atoms with E-state index < -0.39 is 0 Å². The first-order valence-electron chi connectivity index (χ1n) is 5.30. The van der Waals surface area contributed by atoms with Crippen molar-refractivity contribution in [1.82, 2.24) is 4.90 Å². The highest BCUT2D eigenvalue weighted by atomic mass is 32.1. The summed E-state index contributed by atoms with van der Waals surface area (Å²) in [6, 6.07) is 0. The molecule has 1 aromatic carbocycles. The molecular weight excluding hydrogens is 220 g/mol. The van der Waals surface area contributed by atoms with Gasteiger partial charge in [-0.15, -0.1) is 0 Å². The second-order valence-corrected chi connectivity index (χ2v) is 4.61. The summed E-state index contributed by atoms with van der Waals surface area (Å²) in [7, 11) is 6.06. The fourth-order valence-electron chi connectivity index (χ4n) is 1.70. The van der Waals surface area contributed by atoms with Crippen LogP contribution in [0.4, 0.5) is 5.69 Å². The van der Waals surface area contributed by atoms with Gasteiger partial charge in [0.1, 0.15) is 4.51 Å². The van der Waals surface area contributed by atoms with Crippen LogP contribution in [0.25, 0.3) is 6.08 Å². The highest BCUT2D eigenvalue weighted by Gasteiger charge is 2.17. The van der Waals surface area contributed by atoms with Gasteiger partial charge in [0.05, 0.1) is 5.69 Å². The van der Waals surface area contributed by atoms with Crippen molar-refractivity contribution in [2.24, 2.45) is 0 Å². The Kier molecular flexibility index (Phi) is 4.38. The molecule has 0 saturated heterocycles. The van der Waals surface area contributed by atoms with E-state index in [0.717, 1.165) is 25.2 Å². The van der Waals surface area contributed by atoms with Gasteiger partial charge in [-0.25, -0.2) is 0 Å². The molecule has 3 nitrogen and oxygen atoms in total. The van der Waals surface area contributed by atoms with Gasteiger partial charge in [-0.05, 0) is 27.1 Å². The number of rotatable bonds is 6. The van der Waals surface area contributed by atoms with Crippen LogP contribution in [0.1, 0.15) is 12.0 Å². The second kappa shape index (κ2) is 5.37. The fraction of sp³-hybridized carbons (Fsp3) is 0.500. The van der Waals surface area contributed by atoms with Crippen LogP contribution >= 0.6 is 12.2 Å². The third kappa shape index (κ3) is 2.57. The molecule has 4 heteroatoms. The summed E-state index contributed by atoms with van der Waals surface area (Å²) in [5, 5.41) is 0. The summed E-state index contributed by atoms with van der Waals surface area (Å²) >= 11 is 5.04. The van der Waals surface area contributed by atoms with Crippen LogP contribution in [-0.2, 0) is 0 Å². The summed E-state index contributed by atoms with van der Waals surface area (Å²) in [6.07, 6.45) is 2.64. The number of hydrogen-bond acceptors (Lipinski definition) is 4. The highest BCUT2D eigenvalue weighted by molar-refractivity contribution is 7.71. The summed E-state index contributed by atoms with van der Waals surface area (Å²) < 4.78 is 0.447. The molecule has 16 heavy (non-hydrogen) atoms. The van der Waals surface area contributed by atoms with Gasteiger partial charge < -0.3 is 9.80 Å². The first-order chi connectivity index (χ1) is 7.49. The van der Waals surface area contributed by atoms with E-state index in [4.69, 9.17) is 12.2 Å². The fourth-order valence-corrected chi connectivity index (χ4v) is 2.08. The van der Waals surface area contributed by atoms with E-state index in [1.165, 1.54) is 0 Å². The zero-order chi connectivity index (χ0) is 12.3.